The Kier molecular flexibility index (Phi) is 4.24. The maximum Gasteiger partial charge on any atom is 0.0593 e. The third kappa shape index (κ3) is 2.70. The fourth-order valence-electron chi connectivity index (χ4n) is 2.50. The van der Waals surface area contributed by atoms with Crippen molar-refractivity contribution in [3.05, 3.63) is 0 Å². The molecule has 0 aromatic carbocycles. The summed E-state index contributed by atoms with van der Waals surface area (Å²) in [5.41, 5.74) is 0. The van der Waals surface area contributed by atoms with Gasteiger partial charge in [-0.05, 0) is 30.6 Å². The van der Waals surface area contributed by atoms with E-state index in [1.54, 1.807) is 0 Å². The Morgan fingerprint density at radius 3 is 2.46 bits per heavy atom. The van der Waals surface area contributed by atoms with Crippen LogP contribution >= 0.6 is 0 Å². The Morgan fingerprint density at radius 2 is 2.00 bits per heavy atom. The molecule has 1 rings (SSSR count). The van der Waals surface area contributed by atoms with Crippen LogP contribution in [0.1, 0.15) is 52.9 Å². The first-order chi connectivity index (χ1) is 6.19. The molecular formula is C12H24O. The van der Waals surface area contributed by atoms with Gasteiger partial charge in [-0.15, -0.1) is 0 Å². The minimum atomic E-state index is -0.0402. The molecule has 0 radical (unpaired) electrons. The van der Waals surface area contributed by atoms with Crippen molar-refractivity contribution < 1.29 is 5.11 Å². The van der Waals surface area contributed by atoms with Crippen LogP contribution in [0.4, 0.5) is 0 Å². The van der Waals surface area contributed by atoms with Crippen LogP contribution < -0.4 is 0 Å². The van der Waals surface area contributed by atoms with E-state index in [9.17, 15) is 5.11 Å². The summed E-state index contributed by atoms with van der Waals surface area (Å²) >= 11 is 0. The third-order valence-electron chi connectivity index (χ3n) is 3.87. The van der Waals surface area contributed by atoms with Crippen molar-refractivity contribution >= 4 is 0 Å². The first kappa shape index (κ1) is 11.0. The van der Waals surface area contributed by atoms with Gasteiger partial charge in [0.15, 0.2) is 0 Å². The molecule has 4 unspecified atom stereocenters. The molecule has 0 saturated heterocycles. The second-order valence-corrected chi connectivity index (χ2v) is 4.72. The Hall–Kier alpha value is -0.0400. The van der Waals surface area contributed by atoms with Gasteiger partial charge in [-0.25, -0.2) is 0 Å². The second-order valence-electron chi connectivity index (χ2n) is 4.72. The van der Waals surface area contributed by atoms with Gasteiger partial charge < -0.3 is 5.11 Å². The lowest BCUT2D eigenvalue weighted by atomic mass is 9.88. The largest absolute Gasteiger partial charge is 0.393 e. The molecule has 1 aliphatic rings. The van der Waals surface area contributed by atoms with Crippen LogP contribution in [-0.2, 0) is 0 Å². The van der Waals surface area contributed by atoms with E-state index in [0.29, 0.717) is 11.8 Å². The molecule has 0 heterocycles. The van der Waals surface area contributed by atoms with Crippen LogP contribution in [-0.4, -0.2) is 11.2 Å². The SMILES string of the molecule is CCC1CCC(C(O)C(C)CC)C1. The van der Waals surface area contributed by atoms with E-state index < -0.39 is 0 Å². The molecule has 1 aliphatic carbocycles. The van der Waals surface area contributed by atoms with Crippen LogP contribution in [0.25, 0.3) is 0 Å². The van der Waals surface area contributed by atoms with Gasteiger partial charge in [-0.3, -0.25) is 0 Å². The normalized spacial score (nSPS) is 33.2. The average Bonchev–Trinajstić information content (AvgIpc) is 2.63. The molecule has 1 N–H and O–H groups in total. The summed E-state index contributed by atoms with van der Waals surface area (Å²) in [5, 5.41) is 10.0. The van der Waals surface area contributed by atoms with E-state index in [-0.39, 0.29) is 6.10 Å². The number of hydrogen-bond donors (Lipinski definition) is 1. The Bertz CT molecular complexity index is 144. The van der Waals surface area contributed by atoms with Gasteiger partial charge in [0.25, 0.3) is 0 Å². The van der Waals surface area contributed by atoms with E-state index in [4.69, 9.17) is 0 Å². The number of aliphatic hydroxyl groups is 1. The molecule has 0 spiro atoms. The lowest BCUT2D eigenvalue weighted by molar-refractivity contribution is 0.0565. The predicted octanol–water partition coefficient (Wildman–Crippen LogP) is 3.22. The molecule has 0 aromatic rings. The number of hydrogen-bond acceptors (Lipinski definition) is 1. The highest BCUT2D eigenvalue weighted by molar-refractivity contribution is 4.81. The van der Waals surface area contributed by atoms with Crippen LogP contribution in [0.5, 0.6) is 0 Å². The van der Waals surface area contributed by atoms with Crippen molar-refractivity contribution in [3.8, 4) is 0 Å². The van der Waals surface area contributed by atoms with Crippen molar-refractivity contribution in [2.45, 2.75) is 59.0 Å². The van der Waals surface area contributed by atoms with E-state index in [0.717, 1.165) is 12.3 Å². The maximum absolute atomic E-state index is 10.0. The van der Waals surface area contributed by atoms with Gasteiger partial charge in [0.05, 0.1) is 6.10 Å². The summed E-state index contributed by atoms with van der Waals surface area (Å²) in [7, 11) is 0. The van der Waals surface area contributed by atoms with Crippen LogP contribution in [0.15, 0.2) is 0 Å². The van der Waals surface area contributed by atoms with Crippen LogP contribution in [0, 0.1) is 17.8 Å². The maximum atomic E-state index is 10.0. The summed E-state index contributed by atoms with van der Waals surface area (Å²) in [6, 6.07) is 0. The highest BCUT2D eigenvalue weighted by atomic mass is 16.3. The van der Waals surface area contributed by atoms with Crippen molar-refractivity contribution in [2.75, 3.05) is 0 Å². The van der Waals surface area contributed by atoms with Crippen LogP contribution in [0.2, 0.25) is 0 Å². The molecule has 0 aromatic heterocycles. The molecule has 1 heteroatoms. The van der Waals surface area contributed by atoms with E-state index in [1.165, 1.54) is 25.7 Å². The number of aliphatic hydroxyl groups excluding tert-OH is 1. The monoisotopic (exact) mass is 184 g/mol. The van der Waals surface area contributed by atoms with Gasteiger partial charge in [-0.1, -0.05) is 40.0 Å². The molecule has 0 amide bonds. The van der Waals surface area contributed by atoms with Gasteiger partial charge in [0.1, 0.15) is 0 Å². The lowest BCUT2D eigenvalue weighted by Crippen LogP contribution is -2.25. The van der Waals surface area contributed by atoms with Crippen molar-refractivity contribution in [1.29, 1.82) is 0 Å². The fourth-order valence-corrected chi connectivity index (χ4v) is 2.50. The van der Waals surface area contributed by atoms with Gasteiger partial charge >= 0.3 is 0 Å². The van der Waals surface area contributed by atoms with Gasteiger partial charge in [0.2, 0.25) is 0 Å². The average molecular weight is 184 g/mol. The molecule has 78 valence electrons. The summed E-state index contributed by atoms with van der Waals surface area (Å²) in [4.78, 5) is 0. The molecule has 1 nitrogen and oxygen atoms in total. The lowest BCUT2D eigenvalue weighted by Gasteiger charge is -2.23. The first-order valence-corrected chi connectivity index (χ1v) is 5.87. The molecule has 0 bridgehead atoms. The van der Waals surface area contributed by atoms with E-state index in [2.05, 4.69) is 20.8 Å². The zero-order chi connectivity index (χ0) is 9.84. The minimum absolute atomic E-state index is 0.0402. The van der Waals surface area contributed by atoms with Crippen molar-refractivity contribution in [3.63, 3.8) is 0 Å². The fraction of sp³-hybridized carbons (Fsp3) is 1.00. The molecular weight excluding hydrogens is 160 g/mol. The molecule has 1 saturated carbocycles. The van der Waals surface area contributed by atoms with Crippen LogP contribution in [0.3, 0.4) is 0 Å². The Morgan fingerprint density at radius 1 is 1.31 bits per heavy atom. The van der Waals surface area contributed by atoms with E-state index >= 15 is 0 Å². The standard InChI is InChI=1S/C12H24O/c1-4-9(3)12(13)11-7-6-10(5-2)8-11/h9-13H,4-8H2,1-3H3. The first-order valence-electron chi connectivity index (χ1n) is 5.87. The topological polar surface area (TPSA) is 20.2 Å². The van der Waals surface area contributed by atoms with Gasteiger partial charge in [-0.2, -0.15) is 0 Å². The molecule has 1 fully saturated rings. The zero-order valence-corrected chi connectivity index (χ0v) is 9.29. The summed E-state index contributed by atoms with van der Waals surface area (Å²) in [6.07, 6.45) is 6.22. The molecule has 4 atom stereocenters. The predicted molar refractivity (Wildman–Crippen MR) is 56.6 cm³/mol. The minimum Gasteiger partial charge on any atom is -0.393 e. The number of rotatable bonds is 4. The van der Waals surface area contributed by atoms with Crippen molar-refractivity contribution in [2.24, 2.45) is 17.8 Å². The molecule has 13 heavy (non-hydrogen) atoms. The molecule has 0 aliphatic heterocycles. The second kappa shape index (κ2) is 4.99. The van der Waals surface area contributed by atoms with E-state index in [1.807, 2.05) is 0 Å². The quantitative estimate of drug-likeness (QED) is 0.711. The summed E-state index contributed by atoms with van der Waals surface area (Å²) in [5.74, 6) is 1.98. The Balaban J connectivity index is 2.36. The smallest absolute Gasteiger partial charge is 0.0593 e. The van der Waals surface area contributed by atoms with Gasteiger partial charge in [0, 0.05) is 0 Å². The third-order valence-corrected chi connectivity index (χ3v) is 3.87. The summed E-state index contributed by atoms with van der Waals surface area (Å²) < 4.78 is 0. The van der Waals surface area contributed by atoms with Crippen molar-refractivity contribution in [1.82, 2.24) is 0 Å². The summed E-state index contributed by atoms with van der Waals surface area (Å²) in [6.45, 7) is 6.60. The zero-order valence-electron chi connectivity index (χ0n) is 9.29. The Labute approximate surface area is 82.5 Å². The highest BCUT2D eigenvalue weighted by Gasteiger charge is 2.30. The highest BCUT2D eigenvalue weighted by Crippen LogP contribution is 2.37.